The topological polar surface area (TPSA) is 48.6 Å². The van der Waals surface area contributed by atoms with Gasteiger partial charge >= 0.3 is 0 Å². The van der Waals surface area contributed by atoms with E-state index in [0.717, 1.165) is 11.3 Å². The van der Waals surface area contributed by atoms with Gasteiger partial charge in [0.15, 0.2) is 0 Å². The molecule has 0 aliphatic rings. The van der Waals surface area contributed by atoms with Crippen LogP contribution in [0.1, 0.15) is 11.1 Å². The van der Waals surface area contributed by atoms with Gasteiger partial charge in [0, 0.05) is 6.21 Å². The van der Waals surface area contributed by atoms with E-state index < -0.39 is 0 Å². The first-order valence-electron chi connectivity index (χ1n) is 4.17. The van der Waals surface area contributed by atoms with Gasteiger partial charge in [0.1, 0.15) is 0 Å². The lowest BCUT2D eigenvalue weighted by molar-refractivity contribution is 1.09. The van der Waals surface area contributed by atoms with E-state index in [4.69, 9.17) is 5.41 Å². The zero-order chi connectivity index (χ0) is 9.68. The molecule has 68 valence electrons. The highest BCUT2D eigenvalue weighted by atomic mass is 15.1. The fourth-order valence-electron chi connectivity index (χ4n) is 0.985. The molecule has 1 N–H and O–H groups in total. The van der Waals surface area contributed by atoms with Gasteiger partial charge in [-0.15, -0.1) is 0 Å². The van der Waals surface area contributed by atoms with Crippen molar-refractivity contribution in [1.29, 1.82) is 5.41 Å². The quantitative estimate of drug-likeness (QED) is 0.542. The number of hydrogen-bond acceptors (Lipinski definition) is 3. The summed E-state index contributed by atoms with van der Waals surface area (Å²) in [4.78, 5) is 0. The summed E-state index contributed by atoms with van der Waals surface area (Å²) in [5.74, 6) is 0. The van der Waals surface area contributed by atoms with Gasteiger partial charge in [-0.1, -0.05) is 12.1 Å². The van der Waals surface area contributed by atoms with E-state index >= 15 is 0 Å². The second-order valence-electron chi connectivity index (χ2n) is 2.92. The predicted octanol–water partition coefficient (Wildman–Crippen LogP) is 3.04. The van der Waals surface area contributed by atoms with Crippen LogP contribution in [-0.4, -0.2) is 12.8 Å². The Morgan fingerprint density at radius 3 is 2.85 bits per heavy atom. The highest BCUT2D eigenvalue weighted by molar-refractivity contribution is 5.55. The third-order valence-electron chi connectivity index (χ3n) is 1.72. The molecule has 0 unspecified atom stereocenters. The molecule has 0 saturated carbocycles. The van der Waals surface area contributed by atoms with Crippen LogP contribution in [0.2, 0.25) is 0 Å². The van der Waals surface area contributed by atoms with Gasteiger partial charge in [0.25, 0.3) is 0 Å². The monoisotopic (exact) mass is 175 g/mol. The minimum atomic E-state index is 0.355. The Morgan fingerprint density at radius 2 is 2.15 bits per heavy atom. The maximum absolute atomic E-state index is 6.79. The van der Waals surface area contributed by atoms with Crippen LogP contribution in [0.25, 0.3) is 0 Å². The zero-order valence-corrected chi connectivity index (χ0v) is 7.91. The van der Waals surface area contributed by atoms with E-state index in [2.05, 4.69) is 10.2 Å². The largest absolute Gasteiger partial charge is 0.311 e. The minimum absolute atomic E-state index is 0.355. The fraction of sp³-hybridized carbons (Fsp3) is 0.300. The van der Waals surface area contributed by atoms with Crippen molar-refractivity contribution in [1.82, 2.24) is 0 Å². The molecule has 0 aliphatic heterocycles. The van der Waals surface area contributed by atoms with Crippen molar-refractivity contribution in [2.24, 2.45) is 10.2 Å². The van der Waals surface area contributed by atoms with E-state index in [-0.39, 0.29) is 0 Å². The molecule has 0 aliphatic carbocycles. The highest BCUT2D eigenvalue weighted by Crippen LogP contribution is 2.19. The molecule has 1 rings (SSSR count). The Morgan fingerprint density at radius 1 is 1.38 bits per heavy atom. The van der Waals surface area contributed by atoms with Crippen molar-refractivity contribution >= 4 is 11.9 Å². The molecule has 0 radical (unpaired) electrons. The van der Waals surface area contributed by atoms with Crippen LogP contribution in [0, 0.1) is 19.3 Å². The zero-order valence-electron chi connectivity index (χ0n) is 7.91. The molecule has 0 saturated heterocycles. The van der Waals surface area contributed by atoms with Gasteiger partial charge in [-0.2, -0.15) is 10.2 Å². The van der Waals surface area contributed by atoms with E-state index in [0.29, 0.717) is 6.54 Å². The van der Waals surface area contributed by atoms with E-state index in [1.165, 1.54) is 11.8 Å². The number of hydrogen-bond donors (Lipinski definition) is 1. The SMILES string of the molecule is Cc1ccc(C)c(N=NCC=N)c1. The number of aryl methyl sites for hydroxylation is 2. The van der Waals surface area contributed by atoms with Crippen molar-refractivity contribution in [3.05, 3.63) is 29.3 Å². The van der Waals surface area contributed by atoms with E-state index in [1.807, 2.05) is 32.0 Å². The van der Waals surface area contributed by atoms with Gasteiger partial charge in [-0.3, -0.25) is 0 Å². The van der Waals surface area contributed by atoms with Gasteiger partial charge in [-0.25, -0.2) is 0 Å². The van der Waals surface area contributed by atoms with Crippen LogP contribution in [0.4, 0.5) is 5.69 Å². The normalized spacial score (nSPS) is 10.6. The Bertz CT molecular complexity index is 329. The van der Waals surface area contributed by atoms with Gasteiger partial charge in [0.2, 0.25) is 0 Å². The highest BCUT2D eigenvalue weighted by Gasteiger charge is 1.95. The first-order chi connectivity index (χ1) is 6.24. The number of nitrogens with one attached hydrogen (secondary N) is 1. The van der Waals surface area contributed by atoms with Gasteiger partial charge in [-0.05, 0) is 31.0 Å². The third kappa shape index (κ3) is 2.78. The molecular formula is C10H13N3. The molecule has 1 aromatic rings. The Balaban J connectivity index is 2.86. The molecule has 0 bridgehead atoms. The van der Waals surface area contributed by atoms with Gasteiger partial charge < -0.3 is 5.41 Å². The summed E-state index contributed by atoms with van der Waals surface area (Å²) in [6.45, 7) is 4.38. The number of rotatable bonds is 3. The summed E-state index contributed by atoms with van der Waals surface area (Å²) in [5.41, 5.74) is 3.18. The number of nitrogens with zero attached hydrogens (tertiary/aromatic N) is 2. The summed E-state index contributed by atoms with van der Waals surface area (Å²) >= 11 is 0. The van der Waals surface area contributed by atoms with E-state index in [1.54, 1.807) is 0 Å². The summed E-state index contributed by atoms with van der Waals surface area (Å²) in [7, 11) is 0. The number of benzene rings is 1. The molecule has 3 heteroatoms. The summed E-state index contributed by atoms with van der Waals surface area (Å²) in [6.07, 6.45) is 1.23. The summed E-state index contributed by atoms with van der Waals surface area (Å²) in [6, 6.07) is 6.06. The summed E-state index contributed by atoms with van der Waals surface area (Å²) < 4.78 is 0. The standard InChI is InChI=1S/C10H13N3/c1-8-3-4-9(2)10(7-8)13-12-6-5-11/h3-5,7,11H,6H2,1-2H3. The molecule has 0 atom stereocenters. The van der Waals surface area contributed by atoms with Crippen molar-refractivity contribution in [3.8, 4) is 0 Å². The van der Waals surface area contributed by atoms with E-state index in [9.17, 15) is 0 Å². The van der Waals surface area contributed by atoms with Gasteiger partial charge in [0.05, 0.1) is 12.2 Å². The molecule has 1 aromatic carbocycles. The number of azo groups is 1. The van der Waals surface area contributed by atoms with Crippen molar-refractivity contribution in [2.45, 2.75) is 13.8 Å². The Kier molecular flexibility index (Phi) is 3.31. The summed E-state index contributed by atoms with van der Waals surface area (Å²) in [5, 5.41) is 14.7. The second-order valence-corrected chi connectivity index (χ2v) is 2.92. The first-order valence-corrected chi connectivity index (χ1v) is 4.17. The Labute approximate surface area is 78.0 Å². The molecule has 0 amide bonds. The van der Waals surface area contributed by atoms with Crippen molar-refractivity contribution in [2.75, 3.05) is 6.54 Å². The van der Waals surface area contributed by atoms with Crippen LogP contribution in [0.15, 0.2) is 28.4 Å². The van der Waals surface area contributed by atoms with Crippen LogP contribution < -0.4 is 0 Å². The molecule has 13 heavy (non-hydrogen) atoms. The third-order valence-corrected chi connectivity index (χ3v) is 1.72. The maximum atomic E-state index is 6.79. The fourth-order valence-corrected chi connectivity index (χ4v) is 0.985. The molecule has 3 nitrogen and oxygen atoms in total. The minimum Gasteiger partial charge on any atom is -0.311 e. The lowest BCUT2D eigenvalue weighted by Gasteiger charge is -1.99. The Hall–Kier alpha value is -1.51. The predicted molar refractivity (Wildman–Crippen MR) is 54.1 cm³/mol. The molecule has 0 heterocycles. The van der Waals surface area contributed by atoms with Crippen molar-refractivity contribution in [3.63, 3.8) is 0 Å². The molecule has 0 aromatic heterocycles. The molecule has 0 spiro atoms. The lowest BCUT2D eigenvalue weighted by Crippen LogP contribution is -1.78. The van der Waals surface area contributed by atoms with Crippen LogP contribution in [0.3, 0.4) is 0 Å². The first kappa shape index (κ1) is 9.58. The maximum Gasteiger partial charge on any atom is 0.0948 e. The average Bonchev–Trinajstić information content (AvgIpc) is 2.11. The molecular weight excluding hydrogens is 162 g/mol. The van der Waals surface area contributed by atoms with Crippen LogP contribution >= 0.6 is 0 Å². The smallest absolute Gasteiger partial charge is 0.0948 e. The average molecular weight is 175 g/mol. The van der Waals surface area contributed by atoms with Crippen LogP contribution in [-0.2, 0) is 0 Å². The second kappa shape index (κ2) is 4.50. The molecule has 0 fully saturated rings. The van der Waals surface area contributed by atoms with Crippen LogP contribution in [0.5, 0.6) is 0 Å². The lowest BCUT2D eigenvalue weighted by atomic mass is 10.1. The van der Waals surface area contributed by atoms with Crippen molar-refractivity contribution < 1.29 is 0 Å².